The van der Waals surface area contributed by atoms with Crippen molar-refractivity contribution in [1.82, 2.24) is 5.32 Å². The summed E-state index contributed by atoms with van der Waals surface area (Å²) in [7, 11) is 0. The maximum Gasteiger partial charge on any atom is 0.129 e. The summed E-state index contributed by atoms with van der Waals surface area (Å²) >= 11 is 0. The lowest BCUT2D eigenvalue weighted by Crippen LogP contribution is -2.26. The summed E-state index contributed by atoms with van der Waals surface area (Å²) in [6, 6.07) is 2.96. The lowest BCUT2D eigenvalue weighted by Gasteiger charge is -2.23. The predicted molar refractivity (Wildman–Crippen MR) is 55.9 cm³/mol. The SMILES string of the molecule is Cc1c(F)cc(C2CCNCC2)cc1F. The molecule has 1 nitrogen and oxygen atoms in total. The molecular weight excluding hydrogens is 196 g/mol. The van der Waals surface area contributed by atoms with E-state index in [1.165, 1.54) is 19.1 Å². The van der Waals surface area contributed by atoms with Gasteiger partial charge < -0.3 is 5.32 Å². The van der Waals surface area contributed by atoms with Crippen LogP contribution in [0.4, 0.5) is 8.78 Å². The van der Waals surface area contributed by atoms with E-state index in [1.807, 2.05) is 0 Å². The number of rotatable bonds is 1. The molecular formula is C12H15F2N. The first-order chi connectivity index (χ1) is 7.18. The zero-order valence-corrected chi connectivity index (χ0v) is 8.82. The van der Waals surface area contributed by atoms with Crippen LogP contribution >= 0.6 is 0 Å². The van der Waals surface area contributed by atoms with Gasteiger partial charge in [0, 0.05) is 5.56 Å². The van der Waals surface area contributed by atoms with Crippen LogP contribution in [0.15, 0.2) is 12.1 Å². The zero-order chi connectivity index (χ0) is 10.8. The summed E-state index contributed by atoms with van der Waals surface area (Å²) in [5.41, 5.74) is 0.921. The standard InChI is InChI=1S/C12H15F2N/c1-8-11(13)6-10(7-12(8)14)9-2-4-15-5-3-9/h6-7,9,15H,2-5H2,1H3. The summed E-state index contributed by atoms with van der Waals surface area (Å²) in [4.78, 5) is 0. The Labute approximate surface area is 88.5 Å². The van der Waals surface area contributed by atoms with Crippen molar-refractivity contribution in [2.75, 3.05) is 13.1 Å². The van der Waals surface area contributed by atoms with E-state index < -0.39 is 11.6 Å². The molecule has 1 aliphatic rings. The van der Waals surface area contributed by atoms with Gasteiger partial charge in [0.2, 0.25) is 0 Å². The van der Waals surface area contributed by atoms with E-state index in [0.29, 0.717) is 5.92 Å². The Morgan fingerprint density at radius 1 is 1.13 bits per heavy atom. The average molecular weight is 211 g/mol. The van der Waals surface area contributed by atoms with E-state index in [-0.39, 0.29) is 5.56 Å². The second-order valence-electron chi connectivity index (χ2n) is 4.13. The van der Waals surface area contributed by atoms with Gasteiger partial charge >= 0.3 is 0 Å². The van der Waals surface area contributed by atoms with Gasteiger partial charge in [0.1, 0.15) is 11.6 Å². The first kappa shape index (κ1) is 10.6. The molecule has 0 aliphatic carbocycles. The third-order valence-corrected chi connectivity index (χ3v) is 3.11. The molecule has 2 rings (SSSR count). The average Bonchev–Trinajstić information content (AvgIpc) is 2.26. The smallest absolute Gasteiger partial charge is 0.129 e. The fraction of sp³-hybridized carbons (Fsp3) is 0.500. The predicted octanol–water partition coefficient (Wildman–Crippen LogP) is 2.74. The van der Waals surface area contributed by atoms with E-state index in [2.05, 4.69) is 5.32 Å². The number of halogens is 2. The van der Waals surface area contributed by atoms with Crippen molar-refractivity contribution in [3.63, 3.8) is 0 Å². The highest BCUT2D eigenvalue weighted by Crippen LogP contribution is 2.27. The van der Waals surface area contributed by atoms with Crippen LogP contribution in [0.25, 0.3) is 0 Å². The summed E-state index contributed by atoms with van der Waals surface area (Å²) in [6.45, 7) is 3.33. The quantitative estimate of drug-likeness (QED) is 0.753. The molecule has 1 heterocycles. The van der Waals surface area contributed by atoms with Crippen molar-refractivity contribution >= 4 is 0 Å². The van der Waals surface area contributed by atoms with Crippen LogP contribution in [0.3, 0.4) is 0 Å². The molecule has 0 radical (unpaired) electrons. The van der Waals surface area contributed by atoms with Crippen LogP contribution in [0.5, 0.6) is 0 Å². The Morgan fingerprint density at radius 2 is 1.67 bits per heavy atom. The second kappa shape index (κ2) is 4.27. The Bertz CT molecular complexity index is 334. The maximum absolute atomic E-state index is 13.3. The number of hydrogen-bond acceptors (Lipinski definition) is 1. The highest BCUT2D eigenvalue weighted by molar-refractivity contribution is 5.28. The molecule has 3 heteroatoms. The third-order valence-electron chi connectivity index (χ3n) is 3.11. The Hall–Kier alpha value is -0.960. The van der Waals surface area contributed by atoms with Gasteiger partial charge in [-0.05, 0) is 56.5 Å². The maximum atomic E-state index is 13.3. The van der Waals surface area contributed by atoms with Crippen LogP contribution in [-0.2, 0) is 0 Å². The van der Waals surface area contributed by atoms with Gasteiger partial charge in [-0.3, -0.25) is 0 Å². The van der Waals surface area contributed by atoms with E-state index in [9.17, 15) is 8.78 Å². The molecule has 0 bridgehead atoms. The monoisotopic (exact) mass is 211 g/mol. The molecule has 0 amide bonds. The molecule has 1 aliphatic heterocycles. The minimum Gasteiger partial charge on any atom is -0.317 e. The largest absolute Gasteiger partial charge is 0.317 e. The van der Waals surface area contributed by atoms with Crippen LogP contribution in [0, 0.1) is 18.6 Å². The highest BCUT2D eigenvalue weighted by Gasteiger charge is 2.17. The summed E-state index contributed by atoms with van der Waals surface area (Å²) in [6.07, 6.45) is 1.92. The van der Waals surface area contributed by atoms with Gasteiger partial charge in [-0.15, -0.1) is 0 Å². The first-order valence-corrected chi connectivity index (χ1v) is 5.34. The van der Waals surface area contributed by atoms with Gasteiger partial charge in [-0.25, -0.2) is 8.78 Å². The van der Waals surface area contributed by atoms with E-state index >= 15 is 0 Å². The summed E-state index contributed by atoms with van der Waals surface area (Å²) in [5, 5.41) is 3.24. The molecule has 82 valence electrons. The van der Waals surface area contributed by atoms with Gasteiger partial charge in [0.15, 0.2) is 0 Å². The van der Waals surface area contributed by atoms with Gasteiger partial charge in [0.25, 0.3) is 0 Å². The summed E-state index contributed by atoms with van der Waals surface area (Å²) in [5.74, 6) is -0.553. The molecule has 0 spiro atoms. The molecule has 0 atom stereocenters. The molecule has 0 aromatic heterocycles. The van der Waals surface area contributed by atoms with Gasteiger partial charge in [-0.1, -0.05) is 0 Å². The minimum absolute atomic E-state index is 0.118. The van der Waals surface area contributed by atoms with Crippen molar-refractivity contribution in [2.24, 2.45) is 0 Å². The number of benzene rings is 1. The van der Waals surface area contributed by atoms with Crippen molar-refractivity contribution < 1.29 is 8.78 Å². The highest BCUT2D eigenvalue weighted by atomic mass is 19.1. The number of piperidine rings is 1. The molecule has 1 fully saturated rings. The fourth-order valence-electron chi connectivity index (χ4n) is 2.06. The fourth-order valence-corrected chi connectivity index (χ4v) is 2.06. The van der Waals surface area contributed by atoms with Crippen molar-refractivity contribution in [2.45, 2.75) is 25.7 Å². The zero-order valence-electron chi connectivity index (χ0n) is 8.82. The lowest BCUT2D eigenvalue weighted by molar-refractivity contribution is 0.455. The third kappa shape index (κ3) is 2.17. The molecule has 1 aromatic rings. The first-order valence-electron chi connectivity index (χ1n) is 5.34. The van der Waals surface area contributed by atoms with E-state index in [1.54, 1.807) is 0 Å². The molecule has 15 heavy (non-hydrogen) atoms. The molecule has 1 aromatic carbocycles. The molecule has 1 saturated heterocycles. The minimum atomic E-state index is -0.427. The molecule has 1 N–H and O–H groups in total. The van der Waals surface area contributed by atoms with Crippen molar-refractivity contribution in [3.05, 3.63) is 34.9 Å². The van der Waals surface area contributed by atoms with E-state index in [4.69, 9.17) is 0 Å². The van der Waals surface area contributed by atoms with Gasteiger partial charge in [-0.2, -0.15) is 0 Å². The Balaban J connectivity index is 2.27. The lowest BCUT2D eigenvalue weighted by atomic mass is 9.89. The van der Waals surface area contributed by atoms with E-state index in [0.717, 1.165) is 31.5 Å². The second-order valence-corrected chi connectivity index (χ2v) is 4.13. The van der Waals surface area contributed by atoms with Crippen molar-refractivity contribution in [1.29, 1.82) is 0 Å². The molecule has 0 unspecified atom stereocenters. The van der Waals surface area contributed by atoms with Crippen LogP contribution < -0.4 is 5.32 Å². The Kier molecular flexibility index (Phi) is 3.00. The number of hydrogen-bond donors (Lipinski definition) is 1. The van der Waals surface area contributed by atoms with Crippen LogP contribution in [0.2, 0.25) is 0 Å². The van der Waals surface area contributed by atoms with Crippen LogP contribution in [-0.4, -0.2) is 13.1 Å². The van der Waals surface area contributed by atoms with Gasteiger partial charge in [0.05, 0.1) is 0 Å². The van der Waals surface area contributed by atoms with Crippen LogP contribution in [0.1, 0.15) is 29.9 Å². The van der Waals surface area contributed by atoms with Crippen molar-refractivity contribution in [3.8, 4) is 0 Å². The topological polar surface area (TPSA) is 12.0 Å². The number of nitrogens with one attached hydrogen (secondary N) is 1. The molecule has 0 saturated carbocycles. The summed E-state index contributed by atoms with van der Waals surface area (Å²) < 4.78 is 26.7. The normalized spacial score (nSPS) is 18.1. The Morgan fingerprint density at radius 3 is 2.20 bits per heavy atom.